The zero-order valence-electron chi connectivity index (χ0n) is 11.9. The Labute approximate surface area is 123 Å². The summed E-state index contributed by atoms with van der Waals surface area (Å²) in [7, 11) is 2.80. The van der Waals surface area contributed by atoms with E-state index in [1.807, 2.05) is 0 Å². The Morgan fingerprint density at radius 2 is 1.91 bits per heavy atom. The molecule has 0 unspecified atom stereocenters. The van der Waals surface area contributed by atoms with Gasteiger partial charge in [-0.3, -0.25) is 18.5 Å². The van der Waals surface area contributed by atoms with Gasteiger partial charge in [0.2, 0.25) is 0 Å². The lowest BCUT2D eigenvalue weighted by atomic mass is 10.1. The van der Waals surface area contributed by atoms with Gasteiger partial charge in [0.05, 0.1) is 12.9 Å². The van der Waals surface area contributed by atoms with Crippen LogP contribution in [0.5, 0.6) is 0 Å². The van der Waals surface area contributed by atoms with Gasteiger partial charge in [-0.25, -0.2) is 9.78 Å². The third-order valence-corrected chi connectivity index (χ3v) is 3.96. The molecule has 0 aromatic carbocycles. The van der Waals surface area contributed by atoms with Crippen LogP contribution in [0.1, 0.15) is 6.23 Å². The molecule has 10 heteroatoms. The number of hydrogen-bond acceptors (Lipinski definition) is 7. The summed E-state index contributed by atoms with van der Waals surface area (Å²) < 4.78 is 8.78. The fourth-order valence-electron chi connectivity index (χ4n) is 2.67. The number of fused-ring (bicyclic) bond motifs is 1. The van der Waals surface area contributed by atoms with Crippen LogP contribution in [0.2, 0.25) is 0 Å². The van der Waals surface area contributed by atoms with Crippen LogP contribution in [0.3, 0.4) is 0 Å². The van der Waals surface area contributed by atoms with Crippen molar-refractivity contribution in [1.29, 1.82) is 0 Å². The number of aryl methyl sites for hydroxylation is 1. The number of imidazole rings is 1. The van der Waals surface area contributed by atoms with Crippen LogP contribution in [-0.4, -0.2) is 58.9 Å². The summed E-state index contributed by atoms with van der Waals surface area (Å²) in [5, 5.41) is 29.0. The van der Waals surface area contributed by atoms with E-state index < -0.39 is 42.4 Å². The lowest BCUT2D eigenvalue weighted by molar-refractivity contribution is -0.0509. The number of hydrogen-bond donors (Lipinski definition) is 3. The Hall–Kier alpha value is -2.01. The fourth-order valence-corrected chi connectivity index (χ4v) is 2.67. The summed E-state index contributed by atoms with van der Waals surface area (Å²) in [5.41, 5.74) is -0.900. The quantitative estimate of drug-likeness (QED) is 0.540. The smallest absolute Gasteiger partial charge is 0.332 e. The average Bonchev–Trinajstić information content (AvgIpc) is 3.06. The van der Waals surface area contributed by atoms with Crippen molar-refractivity contribution < 1.29 is 20.1 Å². The molecular formula is C12H16N4O6. The molecule has 0 saturated carbocycles. The van der Waals surface area contributed by atoms with Crippen molar-refractivity contribution in [3.63, 3.8) is 0 Å². The lowest BCUT2D eigenvalue weighted by Crippen LogP contribution is -2.38. The molecule has 2 aromatic rings. The summed E-state index contributed by atoms with van der Waals surface area (Å²) in [6, 6.07) is 0. The van der Waals surface area contributed by atoms with E-state index in [0.717, 1.165) is 4.57 Å². The van der Waals surface area contributed by atoms with Crippen LogP contribution in [0.15, 0.2) is 15.9 Å². The van der Waals surface area contributed by atoms with Crippen LogP contribution in [0.25, 0.3) is 11.2 Å². The van der Waals surface area contributed by atoms with Crippen LogP contribution >= 0.6 is 0 Å². The molecule has 22 heavy (non-hydrogen) atoms. The zero-order chi connectivity index (χ0) is 16.2. The Balaban J connectivity index is 2.22. The van der Waals surface area contributed by atoms with Crippen molar-refractivity contribution in [3.05, 3.63) is 27.2 Å². The van der Waals surface area contributed by atoms with E-state index >= 15 is 0 Å². The first-order valence-electron chi connectivity index (χ1n) is 6.63. The Kier molecular flexibility index (Phi) is 3.40. The van der Waals surface area contributed by atoms with Crippen molar-refractivity contribution >= 4 is 11.2 Å². The highest BCUT2D eigenvalue weighted by Crippen LogP contribution is 2.30. The van der Waals surface area contributed by atoms with Crippen LogP contribution in [0, 0.1) is 0 Å². The molecule has 0 amide bonds. The molecule has 3 rings (SSSR count). The van der Waals surface area contributed by atoms with Gasteiger partial charge in [0.1, 0.15) is 18.3 Å². The molecule has 120 valence electrons. The van der Waals surface area contributed by atoms with Crippen LogP contribution < -0.4 is 11.2 Å². The van der Waals surface area contributed by atoms with Crippen LogP contribution in [-0.2, 0) is 18.8 Å². The molecule has 10 nitrogen and oxygen atoms in total. The van der Waals surface area contributed by atoms with Crippen LogP contribution in [0.4, 0.5) is 0 Å². The monoisotopic (exact) mass is 312 g/mol. The third-order valence-electron chi connectivity index (χ3n) is 3.96. The maximum Gasteiger partial charge on any atom is 0.332 e. The normalized spacial score (nSPS) is 28.6. The minimum absolute atomic E-state index is 0.0689. The molecule has 3 N–H and O–H groups in total. The Morgan fingerprint density at radius 3 is 2.50 bits per heavy atom. The summed E-state index contributed by atoms with van der Waals surface area (Å²) >= 11 is 0. The predicted molar refractivity (Wildman–Crippen MR) is 73.2 cm³/mol. The van der Waals surface area contributed by atoms with Gasteiger partial charge < -0.3 is 20.1 Å². The fraction of sp³-hybridized carbons (Fsp3) is 0.583. The van der Waals surface area contributed by atoms with Gasteiger partial charge in [-0.05, 0) is 0 Å². The van der Waals surface area contributed by atoms with E-state index in [0.29, 0.717) is 0 Å². The first-order valence-corrected chi connectivity index (χ1v) is 6.63. The van der Waals surface area contributed by atoms with E-state index in [9.17, 15) is 19.8 Å². The van der Waals surface area contributed by atoms with Crippen molar-refractivity contribution in [3.8, 4) is 0 Å². The number of aliphatic hydroxyl groups is 3. The molecule has 4 atom stereocenters. The zero-order valence-corrected chi connectivity index (χ0v) is 11.9. The summed E-state index contributed by atoms with van der Waals surface area (Å²) in [6.07, 6.45) is -3.41. The number of aromatic nitrogens is 4. The first kappa shape index (κ1) is 14.9. The SMILES string of the molecule is Cn1c(=O)c2c(ncn2[C@@H]2O[C@H](CO)[C@@H](O)[C@H]2O)n(C)c1=O. The molecular weight excluding hydrogens is 296 g/mol. The van der Waals surface area contributed by atoms with Crippen molar-refractivity contribution in [1.82, 2.24) is 18.7 Å². The van der Waals surface area contributed by atoms with E-state index in [2.05, 4.69) is 4.98 Å². The van der Waals surface area contributed by atoms with Gasteiger partial charge in [0.15, 0.2) is 17.4 Å². The molecule has 1 saturated heterocycles. The molecule has 0 spiro atoms. The molecule has 1 aliphatic rings. The second-order valence-electron chi connectivity index (χ2n) is 5.26. The van der Waals surface area contributed by atoms with Crippen molar-refractivity contribution in [2.24, 2.45) is 14.1 Å². The first-order chi connectivity index (χ1) is 10.4. The second-order valence-corrected chi connectivity index (χ2v) is 5.26. The predicted octanol–water partition coefficient (Wildman–Crippen LogP) is -2.95. The number of rotatable bonds is 2. The van der Waals surface area contributed by atoms with E-state index in [-0.39, 0.29) is 11.2 Å². The molecule has 0 bridgehead atoms. The largest absolute Gasteiger partial charge is 0.394 e. The summed E-state index contributed by atoms with van der Waals surface area (Å²) in [6.45, 7) is -0.474. The molecule has 0 radical (unpaired) electrons. The molecule has 0 aliphatic carbocycles. The number of nitrogens with zero attached hydrogens (tertiary/aromatic N) is 4. The molecule has 1 aliphatic heterocycles. The third kappa shape index (κ3) is 1.85. The van der Waals surface area contributed by atoms with E-state index in [1.165, 1.54) is 29.6 Å². The number of aliphatic hydroxyl groups excluding tert-OH is 3. The van der Waals surface area contributed by atoms with Gasteiger partial charge in [-0.15, -0.1) is 0 Å². The van der Waals surface area contributed by atoms with E-state index in [1.54, 1.807) is 0 Å². The summed E-state index contributed by atoms with van der Waals surface area (Å²) in [4.78, 5) is 28.2. The molecule has 1 fully saturated rings. The minimum atomic E-state index is -1.34. The molecule has 3 heterocycles. The molecule has 2 aromatic heterocycles. The highest BCUT2D eigenvalue weighted by atomic mass is 16.6. The highest BCUT2D eigenvalue weighted by Gasteiger charge is 2.44. The Bertz CT molecular complexity index is 836. The highest BCUT2D eigenvalue weighted by molar-refractivity contribution is 5.70. The van der Waals surface area contributed by atoms with Gasteiger partial charge in [-0.1, -0.05) is 0 Å². The maximum atomic E-state index is 12.3. The van der Waals surface area contributed by atoms with Crippen molar-refractivity contribution in [2.45, 2.75) is 24.5 Å². The van der Waals surface area contributed by atoms with Crippen molar-refractivity contribution in [2.75, 3.05) is 6.61 Å². The van der Waals surface area contributed by atoms with Gasteiger partial charge in [0, 0.05) is 14.1 Å². The van der Waals surface area contributed by atoms with Gasteiger partial charge >= 0.3 is 5.69 Å². The standard InChI is InChI=1S/C12H16N4O6/c1-14-9-6(10(20)15(2)12(14)21)16(4-13-9)11-8(19)7(18)5(3-17)22-11/h4-5,7-8,11,17-19H,3H2,1-2H3/t5-,7-,8-,11-/m1/s1. The number of ether oxygens (including phenoxy) is 1. The van der Waals surface area contributed by atoms with Gasteiger partial charge in [0.25, 0.3) is 5.56 Å². The topological polar surface area (TPSA) is 132 Å². The Morgan fingerprint density at radius 1 is 1.23 bits per heavy atom. The lowest BCUT2D eigenvalue weighted by Gasteiger charge is -2.17. The average molecular weight is 312 g/mol. The van der Waals surface area contributed by atoms with E-state index in [4.69, 9.17) is 9.84 Å². The maximum absolute atomic E-state index is 12.3. The minimum Gasteiger partial charge on any atom is -0.394 e. The summed E-state index contributed by atoms with van der Waals surface area (Å²) in [5.74, 6) is 0. The van der Waals surface area contributed by atoms with Gasteiger partial charge in [-0.2, -0.15) is 0 Å². The second kappa shape index (κ2) is 5.02.